The van der Waals surface area contributed by atoms with Gasteiger partial charge in [-0.25, -0.2) is 4.98 Å². The summed E-state index contributed by atoms with van der Waals surface area (Å²) in [7, 11) is 0. The number of furan rings is 1. The number of fused-ring (bicyclic) bond motifs is 1. The molecule has 0 saturated heterocycles. The van der Waals surface area contributed by atoms with Crippen LogP contribution in [0.1, 0.15) is 0 Å². The van der Waals surface area contributed by atoms with Crippen molar-refractivity contribution >= 4 is 11.0 Å². The first-order valence-electron chi connectivity index (χ1n) is 4.40. The first-order valence-corrected chi connectivity index (χ1v) is 4.40. The molecule has 0 spiro atoms. The van der Waals surface area contributed by atoms with Crippen LogP contribution in [0.15, 0.2) is 53.5 Å². The molecule has 0 fully saturated rings. The van der Waals surface area contributed by atoms with E-state index in [4.69, 9.17) is 4.42 Å². The van der Waals surface area contributed by atoms with E-state index < -0.39 is 0 Å². The molecule has 0 saturated carbocycles. The van der Waals surface area contributed by atoms with E-state index in [1.165, 1.54) is 0 Å². The van der Waals surface area contributed by atoms with Gasteiger partial charge in [0.1, 0.15) is 11.9 Å². The van der Waals surface area contributed by atoms with Crippen LogP contribution in [0.3, 0.4) is 0 Å². The Kier molecular flexibility index (Phi) is 1.44. The van der Waals surface area contributed by atoms with Crippen molar-refractivity contribution in [3.8, 4) is 5.88 Å². The third kappa shape index (κ3) is 1.03. The lowest BCUT2D eigenvalue weighted by Crippen LogP contribution is -1.84. The minimum absolute atomic E-state index is 0.795. The Morgan fingerprint density at radius 2 is 2.14 bits per heavy atom. The Balaban J connectivity index is 2.24. The highest BCUT2D eigenvalue weighted by molar-refractivity contribution is 5.79. The summed E-state index contributed by atoms with van der Waals surface area (Å²) in [6, 6.07) is 9.94. The van der Waals surface area contributed by atoms with Crippen molar-refractivity contribution < 1.29 is 4.42 Å². The van der Waals surface area contributed by atoms with E-state index in [9.17, 15) is 0 Å². The van der Waals surface area contributed by atoms with Crippen LogP contribution in [-0.4, -0.2) is 9.55 Å². The zero-order valence-electron chi connectivity index (χ0n) is 7.42. The molecule has 0 N–H and O–H groups in total. The van der Waals surface area contributed by atoms with Gasteiger partial charge in [0.15, 0.2) is 0 Å². The average Bonchev–Trinajstić information content (AvgIpc) is 2.86. The standard InChI is InChI=1S/C11H8N2O/c1-2-4-10-9(3-1)7-11(14-10)13-6-5-12-8-13/h1-8H. The summed E-state index contributed by atoms with van der Waals surface area (Å²) in [5, 5.41) is 1.11. The summed E-state index contributed by atoms with van der Waals surface area (Å²) < 4.78 is 7.48. The average molecular weight is 184 g/mol. The van der Waals surface area contributed by atoms with E-state index in [1.807, 2.05) is 41.1 Å². The van der Waals surface area contributed by atoms with Crippen molar-refractivity contribution in [2.75, 3.05) is 0 Å². The number of rotatable bonds is 1. The molecular formula is C11H8N2O. The topological polar surface area (TPSA) is 31.0 Å². The van der Waals surface area contributed by atoms with Gasteiger partial charge < -0.3 is 4.42 Å². The van der Waals surface area contributed by atoms with E-state index >= 15 is 0 Å². The highest BCUT2D eigenvalue weighted by Gasteiger charge is 2.03. The zero-order valence-corrected chi connectivity index (χ0v) is 7.42. The quantitative estimate of drug-likeness (QED) is 0.582. The molecule has 0 amide bonds. The van der Waals surface area contributed by atoms with Gasteiger partial charge in [0, 0.05) is 23.8 Å². The van der Waals surface area contributed by atoms with Crippen LogP contribution in [0.4, 0.5) is 0 Å². The molecule has 3 rings (SSSR count). The van der Waals surface area contributed by atoms with Crippen LogP contribution < -0.4 is 0 Å². The second kappa shape index (κ2) is 2.73. The molecule has 3 heteroatoms. The van der Waals surface area contributed by atoms with Crippen molar-refractivity contribution in [3.05, 3.63) is 49.1 Å². The maximum atomic E-state index is 5.64. The number of imidazole rings is 1. The Hall–Kier alpha value is -2.03. The Morgan fingerprint density at radius 3 is 2.93 bits per heavy atom. The smallest absolute Gasteiger partial charge is 0.206 e. The molecule has 0 unspecified atom stereocenters. The van der Waals surface area contributed by atoms with Crippen LogP contribution in [0.2, 0.25) is 0 Å². The fraction of sp³-hybridized carbons (Fsp3) is 0. The summed E-state index contributed by atoms with van der Waals surface area (Å²) in [6.07, 6.45) is 5.31. The van der Waals surface area contributed by atoms with Gasteiger partial charge in [0.05, 0.1) is 0 Å². The molecule has 2 heterocycles. The molecule has 3 aromatic rings. The Morgan fingerprint density at radius 1 is 1.21 bits per heavy atom. The van der Waals surface area contributed by atoms with Gasteiger partial charge in [0.2, 0.25) is 5.88 Å². The first-order chi connectivity index (χ1) is 6.93. The number of hydrogen-bond donors (Lipinski definition) is 0. The van der Waals surface area contributed by atoms with Gasteiger partial charge >= 0.3 is 0 Å². The summed E-state index contributed by atoms with van der Waals surface area (Å²) in [4.78, 5) is 3.97. The Labute approximate surface area is 80.6 Å². The lowest BCUT2D eigenvalue weighted by Gasteiger charge is -1.92. The van der Waals surface area contributed by atoms with Crippen LogP contribution in [0, 0.1) is 0 Å². The predicted molar refractivity (Wildman–Crippen MR) is 53.3 cm³/mol. The zero-order chi connectivity index (χ0) is 9.38. The third-order valence-electron chi connectivity index (χ3n) is 2.17. The summed E-state index contributed by atoms with van der Waals surface area (Å²) >= 11 is 0. The number of nitrogens with zero attached hydrogens (tertiary/aromatic N) is 2. The van der Waals surface area contributed by atoms with Crippen LogP contribution in [-0.2, 0) is 0 Å². The van der Waals surface area contributed by atoms with E-state index in [-0.39, 0.29) is 0 Å². The van der Waals surface area contributed by atoms with E-state index in [2.05, 4.69) is 4.98 Å². The monoisotopic (exact) mass is 184 g/mol. The van der Waals surface area contributed by atoms with Gasteiger partial charge in [0.25, 0.3) is 0 Å². The van der Waals surface area contributed by atoms with Crippen molar-refractivity contribution in [3.63, 3.8) is 0 Å². The molecule has 0 aliphatic rings. The van der Waals surface area contributed by atoms with Gasteiger partial charge in [-0.3, -0.25) is 4.57 Å². The molecule has 68 valence electrons. The van der Waals surface area contributed by atoms with E-state index in [0.29, 0.717) is 0 Å². The highest BCUT2D eigenvalue weighted by Crippen LogP contribution is 2.21. The molecule has 0 aliphatic heterocycles. The number of aromatic nitrogens is 2. The normalized spacial score (nSPS) is 10.9. The van der Waals surface area contributed by atoms with Crippen LogP contribution in [0.25, 0.3) is 16.9 Å². The van der Waals surface area contributed by atoms with Crippen LogP contribution in [0.5, 0.6) is 0 Å². The molecule has 1 aromatic carbocycles. The van der Waals surface area contributed by atoms with Crippen molar-refractivity contribution in [2.24, 2.45) is 0 Å². The molecule has 0 radical (unpaired) electrons. The van der Waals surface area contributed by atoms with Crippen molar-refractivity contribution in [1.29, 1.82) is 0 Å². The lowest BCUT2D eigenvalue weighted by molar-refractivity contribution is 0.580. The highest BCUT2D eigenvalue weighted by atomic mass is 16.3. The second-order valence-corrected chi connectivity index (χ2v) is 3.09. The molecule has 0 bridgehead atoms. The summed E-state index contributed by atoms with van der Waals surface area (Å²) in [5.74, 6) is 0.795. The second-order valence-electron chi connectivity index (χ2n) is 3.09. The van der Waals surface area contributed by atoms with Gasteiger partial charge in [-0.15, -0.1) is 0 Å². The maximum Gasteiger partial charge on any atom is 0.206 e. The Bertz CT molecular complexity index is 518. The number of hydrogen-bond acceptors (Lipinski definition) is 2. The SMILES string of the molecule is c1ccc2oc(-n3ccnc3)cc2c1. The maximum absolute atomic E-state index is 5.64. The third-order valence-corrected chi connectivity index (χ3v) is 2.17. The number of benzene rings is 1. The first kappa shape index (κ1) is 7.38. The summed E-state index contributed by atoms with van der Waals surface area (Å²) in [5.41, 5.74) is 0.899. The van der Waals surface area contributed by atoms with Gasteiger partial charge in [-0.2, -0.15) is 0 Å². The fourth-order valence-corrected chi connectivity index (χ4v) is 1.48. The van der Waals surface area contributed by atoms with Crippen LogP contribution >= 0.6 is 0 Å². The molecule has 3 nitrogen and oxygen atoms in total. The van der Waals surface area contributed by atoms with Crippen molar-refractivity contribution in [2.45, 2.75) is 0 Å². The van der Waals surface area contributed by atoms with Gasteiger partial charge in [-0.05, 0) is 6.07 Å². The van der Waals surface area contributed by atoms with E-state index in [0.717, 1.165) is 16.9 Å². The molecule has 0 aliphatic carbocycles. The minimum atomic E-state index is 0.795. The molecule has 0 atom stereocenters. The lowest BCUT2D eigenvalue weighted by atomic mass is 10.3. The summed E-state index contributed by atoms with van der Waals surface area (Å²) in [6.45, 7) is 0. The predicted octanol–water partition coefficient (Wildman–Crippen LogP) is 2.62. The van der Waals surface area contributed by atoms with Gasteiger partial charge in [-0.1, -0.05) is 18.2 Å². The number of para-hydroxylation sites is 1. The molecular weight excluding hydrogens is 176 g/mol. The largest absolute Gasteiger partial charge is 0.440 e. The molecule has 2 aromatic heterocycles. The minimum Gasteiger partial charge on any atom is -0.440 e. The fourth-order valence-electron chi connectivity index (χ4n) is 1.48. The van der Waals surface area contributed by atoms with E-state index in [1.54, 1.807) is 12.5 Å². The molecule has 14 heavy (non-hydrogen) atoms. The van der Waals surface area contributed by atoms with Crippen molar-refractivity contribution in [1.82, 2.24) is 9.55 Å².